The molecule has 2 N–H and O–H groups in total. The molecule has 5 rings (SSSR count). The highest BCUT2D eigenvalue weighted by molar-refractivity contribution is 7.17. The minimum absolute atomic E-state index is 0.0410. The van der Waals surface area contributed by atoms with Gasteiger partial charge in [-0.1, -0.05) is 18.2 Å². The molecule has 1 amide bonds. The Bertz CT molecular complexity index is 1320. The summed E-state index contributed by atoms with van der Waals surface area (Å²) in [4.78, 5) is 41.1. The molecule has 0 fully saturated rings. The number of ketones is 1. The van der Waals surface area contributed by atoms with Gasteiger partial charge in [0.1, 0.15) is 10.8 Å². The Kier molecular flexibility index (Phi) is 6.71. The number of amides is 1. The van der Waals surface area contributed by atoms with Crippen molar-refractivity contribution in [2.24, 2.45) is 0 Å². The first-order valence-corrected chi connectivity index (χ1v) is 13.2. The number of allylic oxidation sites excluding steroid dienone is 3. The maximum Gasteiger partial charge on any atom is 0.341 e. The molecule has 0 radical (unpaired) electrons. The van der Waals surface area contributed by atoms with Gasteiger partial charge in [0.25, 0.3) is 5.91 Å². The van der Waals surface area contributed by atoms with Crippen molar-refractivity contribution < 1.29 is 23.9 Å². The molecule has 1 aromatic heterocycles. The van der Waals surface area contributed by atoms with Crippen molar-refractivity contribution in [1.29, 1.82) is 0 Å². The SMILES string of the molecule is COC(=O)c1c(NC(=O)C2=C(C)NC3=C(C(=O)CCC3)[C@@H]2c2ccccc2OC)sc2c1CCCC2. The number of Topliss-reactive ketones (excluding diaryl/α,β-unsaturated/α-hetero) is 1. The molecule has 3 aliphatic rings. The lowest BCUT2D eigenvalue weighted by molar-refractivity contribution is -0.116. The maximum absolute atomic E-state index is 14.0. The average molecular weight is 507 g/mol. The predicted molar refractivity (Wildman–Crippen MR) is 138 cm³/mol. The fourth-order valence-corrected chi connectivity index (χ4v) is 6.92. The van der Waals surface area contributed by atoms with Crippen LogP contribution in [0.15, 0.2) is 46.8 Å². The number of anilines is 1. The number of dihydropyridines is 1. The van der Waals surface area contributed by atoms with Crippen LogP contribution in [0, 0.1) is 0 Å². The van der Waals surface area contributed by atoms with Gasteiger partial charge in [-0.05, 0) is 57.1 Å². The molecule has 8 heteroatoms. The molecule has 0 saturated heterocycles. The minimum atomic E-state index is -0.568. The number of ether oxygens (including phenoxy) is 2. The molecule has 0 bridgehead atoms. The maximum atomic E-state index is 14.0. The topological polar surface area (TPSA) is 93.7 Å². The van der Waals surface area contributed by atoms with Crippen molar-refractivity contribution in [1.82, 2.24) is 5.32 Å². The van der Waals surface area contributed by atoms with Gasteiger partial charge < -0.3 is 20.1 Å². The Hall–Kier alpha value is -3.39. The first kappa shape index (κ1) is 24.3. The summed E-state index contributed by atoms with van der Waals surface area (Å²) < 4.78 is 10.7. The van der Waals surface area contributed by atoms with Crippen LogP contribution in [0.25, 0.3) is 0 Å². The zero-order valence-electron chi connectivity index (χ0n) is 20.8. The molecule has 2 aliphatic carbocycles. The van der Waals surface area contributed by atoms with Crippen LogP contribution in [-0.2, 0) is 27.2 Å². The van der Waals surface area contributed by atoms with Gasteiger partial charge in [-0.2, -0.15) is 0 Å². The number of fused-ring (bicyclic) bond motifs is 1. The van der Waals surface area contributed by atoms with Crippen molar-refractivity contribution in [2.75, 3.05) is 19.5 Å². The molecule has 7 nitrogen and oxygen atoms in total. The third-order valence-corrected chi connectivity index (χ3v) is 8.47. The minimum Gasteiger partial charge on any atom is -0.496 e. The van der Waals surface area contributed by atoms with Gasteiger partial charge in [-0.15, -0.1) is 11.3 Å². The number of para-hydroxylation sites is 1. The van der Waals surface area contributed by atoms with Crippen LogP contribution in [-0.4, -0.2) is 31.9 Å². The number of aryl methyl sites for hydroxylation is 1. The number of nitrogens with one attached hydrogen (secondary N) is 2. The predicted octanol–water partition coefficient (Wildman–Crippen LogP) is 5.03. The fourth-order valence-electron chi connectivity index (χ4n) is 5.64. The first-order chi connectivity index (χ1) is 17.4. The average Bonchev–Trinajstić information content (AvgIpc) is 3.25. The smallest absolute Gasteiger partial charge is 0.341 e. The molecule has 2 heterocycles. The molecule has 188 valence electrons. The Balaban J connectivity index is 1.60. The van der Waals surface area contributed by atoms with E-state index in [-0.39, 0.29) is 11.7 Å². The van der Waals surface area contributed by atoms with E-state index in [9.17, 15) is 14.4 Å². The standard InChI is InChI=1S/C28H30N2O5S/c1-15-22(26(32)30-27-24(28(33)35-3)17-10-5-7-14-21(17)36-27)23(16-9-4-6-13-20(16)34-2)25-18(29-15)11-8-12-19(25)31/h4,6,9,13,23,29H,5,7-8,10-12,14H2,1-3H3,(H,30,32)/t23-/m1/s1. The van der Waals surface area contributed by atoms with E-state index in [2.05, 4.69) is 10.6 Å². The third-order valence-electron chi connectivity index (χ3n) is 7.26. The van der Waals surface area contributed by atoms with Gasteiger partial charge >= 0.3 is 5.97 Å². The van der Waals surface area contributed by atoms with Crippen LogP contribution in [0.1, 0.15) is 71.3 Å². The number of hydrogen-bond acceptors (Lipinski definition) is 7. The summed E-state index contributed by atoms with van der Waals surface area (Å²) in [6.07, 6.45) is 5.73. The van der Waals surface area contributed by atoms with Crippen molar-refractivity contribution in [2.45, 2.75) is 57.8 Å². The number of hydrogen-bond donors (Lipinski definition) is 2. The Labute approximate surface area is 214 Å². The highest BCUT2D eigenvalue weighted by Gasteiger charge is 2.40. The van der Waals surface area contributed by atoms with E-state index in [4.69, 9.17) is 9.47 Å². The summed E-state index contributed by atoms with van der Waals surface area (Å²) in [6.45, 7) is 1.86. The van der Waals surface area contributed by atoms with Gasteiger partial charge in [0.2, 0.25) is 0 Å². The molecule has 1 atom stereocenters. The molecular formula is C28H30N2O5S. The van der Waals surface area contributed by atoms with Gasteiger partial charge in [0.15, 0.2) is 5.78 Å². The second kappa shape index (κ2) is 9.93. The number of thiophene rings is 1. The van der Waals surface area contributed by atoms with E-state index < -0.39 is 11.9 Å². The summed E-state index contributed by atoms with van der Waals surface area (Å²) >= 11 is 1.45. The van der Waals surface area contributed by atoms with Crippen molar-refractivity contribution in [3.8, 4) is 5.75 Å². The highest BCUT2D eigenvalue weighted by Crippen LogP contribution is 2.46. The molecule has 0 spiro atoms. The number of carbonyl (C=O) groups excluding carboxylic acids is 3. The summed E-state index contributed by atoms with van der Waals surface area (Å²) in [7, 11) is 2.95. The lowest BCUT2D eigenvalue weighted by atomic mass is 9.74. The van der Waals surface area contributed by atoms with Crippen LogP contribution in [0.3, 0.4) is 0 Å². The second-order valence-electron chi connectivity index (χ2n) is 9.37. The van der Waals surface area contributed by atoms with E-state index in [0.717, 1.165) is 60.2 Å². The van der Waals surface area contributed by atoms with Crippen molar-refractivity contribution >= 4 is 34.0 Å². The number of benzene rings is 1. The Morgan fingerprint density at radius 2 is 1.83 bits per heavy atom. The molecule has 0 unspecified atom stereocenters. The van der Waals surface area contributed by atoms with Gasteiger partial charge in [0, 0.05) is 39.4 Å². The monoisotopic (exact) mass is 506 g/mol. The Morgan fingerprint density at radius 1 is 1.06 bits per heavy atom. The molecule has 0 saturated carbocycles. The van der Waals surface area contributed by atoms with E-state index in [1.165, 1.54) is 18.4 Å². The third kappa shape index (κ3) is 4.13. The van der Waals surface area contributed by atoms with Gasteiger partial charge in [-0.25, -0.2) is 4.79 Å². The van der Waals surface area contributed by atoms with E-state index in [1.807, 2.05) is 31.2 Å². The lowest BCUT2D eigenvalue weighted by Crippen LogP contribution is -2.35. The molecular weight excluding hydrogens is 476 g/mol. The zero-order valence-corrected chi connectivity index (χ0v) is 21.6. The van der Waals surface area contributed by atoms with Crippen LogP contribution in [0.4, 0.5) is 5.00 Å². The summed E-state index contributed by atoms with van der Waals surface area (Å²) in [6, 6.07) is 7.52. The van der Waals surface area contributed by atoms with E-state index >= 15 is 0 Å². The van der Waals surface area contributed by atoms with E-state index in [0.29, 0.717) is 39.6 Å². The van der Waals surface area contributed by atoms with Gasteiger partial charge in [0.05, 0.1) is 25.7 Å². The van der Waals surface area contributed by atoms with Crippen molar-refractivity contribution in [3.63, 3.8) is 0 Å². The zero-order chi connectivity index (χ0) is 25.4. The van der Waals surface area contributed by atoms with Crippen LogP contribution in [0.5, 0.6) is 5.75 Å². The van der Waals surface area contributed by atoms with Crippen LogP contribution < -0.4 is 15.4 Å². The van der Waals surface area contributed by atoms with Crippen molar-refractivity contribution in [3.05, 3.63) is 68.4 Å². The quantitative estimate of drug-likeness (QED) is 0.553. The van der Waals surface area contributed by atoms with Gasteiger partial charge in [-0.3, -0.25) is 9.59 Å². The lowest BCUT2D eigenvalue weighted by Gasteiger charge is -2.35. The summed E-state index contributed by atoms with van der Waals surface area (Å²) in [5, 5.41) is 6.89. The fraction of sp³-hybridized carbons (Fsp3) is 0.393. The summed E-state index contributed by atoms with van der Waals surface area (Å²) in [5.74, 6) is -0.689. The van der Waals surface area contributed by atoms with E-state index in [1.54, 1.807) is 7.11 Å². The number of carbonyl (C=O) groups is 3. The van der Waals surface area contributed by atoms with Crippen LogP contribution in [0.2, 0.25) is 0 Å². The molecule has 1 aliphatic heterocycles. The molecule has 2 aromatic rings. The second-order valence-corrected chi connectivity index (χ2v) is 10.5. The number of methoxy groups -OCH3 is 2. The normalized spacial score (nSPS) is 19.3. The Morgan fingerprint density at radius 3 is 2.61 bits per heavy atom. The number of esters is 1. The molecule has 1 aromatic carbocycles. The first-order valence-electron chi connectivity index (χ1n) is 12.4. The summed E-state index contributed by atoms with van der Waals surface area (Å²) in [5.41, 5.74) is 4.85. The highest BCUT2D eigenvalue weighted by atomic mass is 32.1. The molecule has 36 heavy (non-hydrogen) atoms. The largest absolute Gasteiger partial charge is 0.496 e. The van der Waals surface area contributed by atoms with Crippen LogP contribution >= 0.6 is 11.3 Å². The number of rotatable bonds is 5.